The van der Waals surface area contributed by atoms with Crippen molar-refractivity contribution in [1.29, 1.82) is 0 Å². The zero-order valence-corrected chi connectivity index (χ0v) is 12.0. The molecule has 1 unspecified atom stereocenters. The highest BCUT2D eigenvalue weighted by atomic mass is 16.6. The second kappa shape index (κ2) is 5.11. The summed E-state index contributed by atoms with van der Waals surface area (Å²) in [6.07, 6.45) is 3.08. The predicted molar refractivity (Wildman–Crippen MR) is 79.1 cm³/mol. The monoisotopic (exact) mass is 289 g/mol. The normalized spacial score (nSPS) is 22.8. The quantitative estimate of drug-likeness (QED) is 0.660. The lowest BCUT2D eigenvalue weighted by atomic mass is 9.91. The van der Waals surface area contributed by atoms with Crippen LogP contribution < -0.4 is 10.6 Å². The van der Waals surface area contributed by atoms with Crippen molar-refractivity contribution in [3.05, 3.63) is 33.9 Å². The molecule has 1 aromatic carbocycles. The van der Waals surface area contributed by atoms with Crippen molar-refractivity contribution in [3.63, 3.8) is 0 Å². The molecule has 1 amide bonds. The Kier molecular flexibility index (Phi) is 3.41. The van der Waals surface area contributed by atoms with Crippen LogP contribution in [-0.4, -0.2) is 23.9 Å². The van der Waals surface area contributed by atoms with Gasteiger partial charge in [0.15, 0.2) is 0 Å². The van der Waals surface area contributed by atoms with Crippen LogP contribution in [0.25, 0.3) is 0 Å². The van der Waals surface area contributed by atoms with Crippen LogP contribution in [0, 0.1) is 28.4 Å². The van der Waals surface area contributed by atoms with Gasteiger partial charge in [-0.2, -0.15) is 0 Å². The van der Waals surface area contributed by atoms with E-state index in [2.05, 4.69) is 10.6 Å². The molecule has 0 bridgehead atoms. The molecule has 6 nitrogen and oxygen atoms in total. The van der Waals surface area contributed by atoms with Crippen LogP contribution in [0.15, 0.2) is 18.2 Å². The molecule has 1 aliphatic heterocycles. The minimum atomic E-state index is -0.427. The Morgan fingerprint density at radius 3 is 2.76 bits per heavy atom. The lowest BCUT2D eigenvalue weighted by molar-refractivity contribution is -0.384. The number of hydrogen-bond acceptors (Lipinski definition) is 4. The van der Waals surface area contributed by atoms with Crippen LogP contribution in [0.1, 0.15) is 24.8 Å². The zero-order valence-electron chi connectivity index (χ0n) is 12.0. The Balaban J connectivity index is 1.67. The first kappa shape index (κ1) is 14.0. The maximum atomic E-state index is 12.4. The van der Waals surface area contributed by atoms with Gasteiger partial charge >= 0.3 is 0 Å². The van der Waals surface area contributed by atoms with Gasteiger partial charge in [0.25, 0.3) is 5.69 Å². The van der Waals surface area contributed by atoms with Gasteiger partial charge in [-0.05, 0) is 56.3 Å². The van der Waals surface area contributed by atoms with Crippen LogP contribution in [0.5, 0.6) is 0 Å². The Labute approximate surface area is 123 Å². The number of benzene rings is 1. The third-order valence-electron chi connectivity index (χ3n) is 4.78. The Bertz CT molecular complexity index is 594. The molecular weight excluding hydrogens is 270 g/mol. The maximum absolute atomic E-state index is 12.4. The number of anilines is 1. The first-order valence-corrected chi connectivity index (χ1v) is 7.28. The Morgan fingerprint density at radius 1 is 1.43 bits per heavy atom. The maximum Gasteiger partial charge on any atom is 0.269 e. The van der Waals surface area contributed by atoms with E-state index in [1.54, 1.807) is 13.0 Å². The van der Waals surface area contributed by atoms with Crippen molar-refractivity contribution in [1.82, 2.24) is 5.32 Å². The zero-order chi connectivity index (χ0) is 15.0. The number of amides is 1. The molecule has 6 heteroatoms. The number of hydrogen-bond donors (Lipinski definition) is 2. The molecule has 112 valence electrons. The fourth-order valence-electron chi connectivity index (χ4n) is 3.32. The highest BCUT2D eigenvalue weighted by Gasteiger charge is 2.57. The van der Waals surface area contributed by atoms with Gasteiger partial charge in [0.05, 0.1) is 4.92 Å². The molecule has 1 saturated heterocycles. The van der Waals surface area contributed by atoms with Gasteiger partial charge < -0.3 is 10.6 Å². The summed E-state index contributed by atoms with van der Waals surface area (Å²) in [6.45, 7) is 3.75. The van der Waals surface area contributed by atoms with Gasteiger partial charge in [-0.1, -0.05) is 0 Å². The number of nitrogens with one attached hydrogen (secondary N) is 2. The van der Waals surface area contributed by atoms with Crippen LogP contribution in [0.2, 0.25) is 0 Å². The molecule has 1 saturated carbocycles. The molecule has 1 aromatic rings. The van der Waals surface area contributed by atoms with E-state index >= 15 is 0 Å². The first-order chi connectivity index (χ1) is 10.0. The number of piperidine rings is 1. The number of nitrogens with zero attached hydrogens (tertiary/aromatic N) is 1. The largest absolute Gasteiger partial charge is 0.326 e. The molecule has 1 atom stereocenters. The molecule has 0 aromatic heterocycles. The van der Waals surface area contributed by atoms with Crippen LogP contribution in [-0.2, 0) is 4.79 Å². The third kappa shape index (κ3) is 2.63. The number of nitro benzene ring substituents is 1. The molecule has 2 aliphatic rings. The molecule has 21 heavy (non-hydrogen) atoms. The number of carbonyl (C=O) groups is 1. The van der Waals surface area contributed by atoms with Gasteiger partial charge in [-0.3, -0.25) is 14.9 Å². The van der Waals surface area contributed by atoms with Gasteiger partial charge in [0, 0.05) is 23.7 Å². The summed E-state index contributed by atoms with van der Waals surface area (Å²) in [7, 11) is 0. The Morgan fingerprint density at radius 2 is 2.14 bits per heavy atom. The summed E-state index contributed by atoms with van der Waals surface area (Å²) in [5.74, 6) is 0.142. The third-order valence-corrected chi connectivity index (χ3v) is 4.78. The van der Waals surface area contributed by atoms with E-state index in [9.17, 15) is 14.9 Å². The average Bonchev–Trinajstić information content (AvgIpc) is 3.15. The lowest BCUT2D eigenvalue weighted by Gasteiger charge is -2.23. The highest BCUT2D eigenvalue weighted by molar-refractivity contribution is 5.95. The fourth-order valence-corrected chi connectivity index (χ4v) is 3.32. The SMILES string of the molecule is Cc1cc([N+](=O)[O-])ccc1NC(=O)C1CC12CCNCC2. The molecule has 1 spiro atoms. The second-order valence-corrected chi connectivity index (χ2v) is 6.11. The van der Waals surface area contributed by atoms with Gasteiger partial charge in [0.1, 0.15) is 0 Å². The molecule has 1 aliphatic carbocycles. The molecular formula is C15H19N3O3. The summed E-state index contributed by atoms with van der Waals surface area (Å²) >= 11 is 0. The fraction of sp³-hybridized carbons (Fsp3) is 0.533. The Hall–Kier alpha value is -1.95. The van der Waals surface area contributed by atoms with Gasteiger partial charge in [-0.15, -0.1) is 0 Å². The molecule has 3 rings (SSSR count). The number of aryl methyl sites for hydroxylation is 1. The van der Waals surface area contributed by atoms with E-state index in [0.717, 1.165) is 37.9 Å². The second-order valence-electron chi connectivity index (χ2n) is 6.11. The van der Waals surface area contributed by atoms with Crippen molar-refractivity contribution in [2.45, 2.75) is 26.2 Å². The number of non-ortho nitro benzene ring substituents is 1. The van der Waals surface area contributed by atoms with Gasteiger partial charge in [-0.25, -0.2) is 0 Å². The van der Waals surface area contributed by atoms with Crippen molar-refractivity contribution in [3.8, 4) is 0 Å². The summed E-state index contributed by atoms with van der Waals surface area (Å²) < 4.78 is 0. The average molecular weight is 289 g/mol. The van der Waals surface area contributed by atoms with Crippen molar-refractivity contribution < 1.29 is 9.72 Å². The lowest BCUT2D eigenvalue weighted by Crippen LogP contribution is -2.31. The van der Waals surface area contributed by atoms with E-state index in [0.29, 0.717) is 5.69 Å². The predicted octanol–water partition coefficient (Wildman–Crippen LogP) is 2.23. The van der Waals surface area contributed by atoms with Crippen LogP contribution in [0.3, 0.4) is 0 Å². The molecule has 0 radical (unpaired) electrons. The van der Waals surface area contributed by atoms with E-state index in [-0.39, 0.29) is 22.9 Å². The van der Waals surface area contributed by atoms with E-state index in [1.807, 2.05) is 0 Å². The van der Waals surface area contributed by atoms with Crippen LogP contribution >= 0.6 is 0 Å². The number of nitro groups is 1. The minimum Gasteiger partial charge on any atom is -0.326 e. The minimum absolute atomic E-state index is 0.0479. The molecule has 1 heterocycles. The standard InChI is InChI=1S/C15H19N3O3/c1-10-8-11(18(20)21)2-3-13(10)17-14(19)12-9-15(12)4-6-16-7-5-15/h2-3,8,12,16H,4-7,9H2,1H3,(H,17,19). The van der Waals surface area contributed by atoms with Crippen molar-refractivity contribution in [2.75, 3.05) is 18.4 Å². The highest BCUT2D eigenvalue weighted by Crippen LogP contribution is 2.58. The van der Waals surface area contributed by atoms with Crippen molar-refractivity contribution in [2.24, 2.45) is 11.3 Å². The van der Waals surface area contributed by atoms with E-state index in [1.165, 1.54) is 12.1 Å². The van der Waals surface area contributed by atoms with E-state index < -0.39 is 4.92 Å². The molecule has 2 fully saturated rings. The number of rotatable bonds is 3. The summed E-state index contributed by atoms with van der Waals surface area (Å²) in [6, 6.07) is 4.53. The smallest absolute Gasteiger partial charge is 0.269 e. The summed E-state index contributed by atoms with van der Waals surface area (Å²) in [4.78, 5) is 22.6. The van der Waals surface area contributed by atoms with Gasteiger partial charge in [0.2, 0.25) is 5.91 Å². The summed E-state index contributed by atoms with van der Waals surface area (Å²) in [5.41, 5.74) is 1.63. The summed E-state index contributed by atoms with van der Waals surface area (Å²) in [5, 5.41) is 17.0. The number of carbonyl (C=O) groups excluding carboxylic acids is 1. The molecule has 2 N–H and O–H groups in total. The van der Waals surface area contributed by atoms with Crippen LogP contribution in [0.4, 0.5) is 11.4 Å². The topological polar surface area (TPSA) is 84.3 Å². The first-order valence-electron chi connectivity index (χ1n) is 7.28. The van der Waals surface area contributed by atoms with E-state index in [4.69, 9.17) is 0 Å². The van der Waals surface area contributed by atoms with Crippen molar-refractivity contribution >= 4 is 17.3 Å².